The van der Waals surface area contributed by atoms with Crippen LogP contribution in [0.2, 0.25) is 0 Å². The molecular weight excluding hydrogens is 1440 g/mol. The maximum Gasteiger partial charge on any atom is 0.261 e. The van der Waals surface area contributed by atoms with E-state index in [9.17, 15) is 0 Å². The van der Waals surface area contributed by atoms with Gasteiger partial charge >= 0.3 is 0 Å². The van der Waals surface area contributed by atoms with Crippen LogP contribution in [0.3, 0.4) is 0 Å². The maximum absolute atomic E-state index is 16.3. The predicted octanol–water partition coefficient (Wildman–Crippen LogP) is 31.4. The number of nitrogens with zero attached hydrogens (tertiary/aromatic N) is 2. The van der Waals surface area contributed by atoms with Crippen LogP contribution in [0.15, 0.2) is 115 Å². The van der Waals surface area contributed by atoms with Gasteiger partial charge in [-0.3, -0.25) is 28.3 Å². The largest absolute Gasteiger partial charge is 0.274 e. The first-order chi connectivity index (χ1) is 53.2. The molecule has 6 nitrogen and oxygen atoms in total. The molecule has 15 rings (SSSR count). The fourth-order valence-corrected chi connectivity index (χ4v) is 25.1. The summed E-state index contributed by atoms with van der Waals surface area (Å²) in [6.45, 7) is 9.99. The molecule has 8 aromatic heterocycles. The number of rotatable bonds is 48. The molecule has 0 amide bonds. The number of hydrogen-bond donors (Lipinski definition) is 0. The molecule has 0 aliphatic heterocycles. The van der Waals surface area contributed by atoms with Crippen molar-refractivity contribution in [2.45, 2.75) is 298 Å². The van der Waals surface area contributed by atoms with E-state index in [0.29, 0.717) is 34.6 Å². The molecule has 15 aromatic rings. The van der Waals surface area contributed by atoms with Crippen LogP contribution in [0.25, 0.3) is 145 Å². The molecule has 8 heterocycles. The highest BCUT2D eigenvalue weighted by atomic mass is 32.1. The Labute approximate surface area is 663 Å². The summed E-state index contributed by atoms with van der Waals surface area (Å²) in [6, 6.07) is 31.2. The van der Waals surface area contributed by atoms with Gasteiger partial charge in [-0.1, -0.05) is 271 Å². The second-order valence-corrected chi connectivity index (χ2v) is 38.7. The van der Waals surface area contributed by atoms with Gasteiger partial charge < -0.3 is 0 Å². The molecule has 0 saturated carbocycles. The molecule has 0 N–H and O–H groups in total. The van der Waals surface area contributed by atoms with E-state index in [4.69, 9.17) is 0 Å². The lowest BCUT2D eigenvalue weighted by Crippen LogP contribution is -2.36. The van der Waals surface area contributed by atoms with Crippen molar-refractivity contribution in [1.29, 1.82) is 0 Å². The van der Waals surface area contributed by atoms with Crippen molar-refractivity contribution in [1.82, 2.24) is 9.13 Å². The summed E-state index contributed by atoms with van der Waals surface area (Å²) in [5, 5.41) is 20.4. The molecule has 2 unspecified atom stereocenters. The number of hydrogen-bond acceptors (Lipinski definition) is 10. The summed E-state index contributed by atoms with van der Waals surface area (Å²) in [5.74, 6) is 0.411. The SMILES string of the molecule is CCCCCCCCCCCCC(CCCCCCCCCC)Cn1c(=O)c2cc3c4cc(-c5ccc(-c6ccc(-c7cccs7)s6)s5)sc4c4cc5c(=O)n(CC(CCCCCCCCCC)CCCCCCCCCCCC)c(=O)c6cc7c8cc(-c9cccs9)sc8c8cc(c1=O)c2c1c3c4c(c65)c7c81. The Hall–Kier alpha value is -6.12. The quantitative estimate of drug-likeness (QED) is 0.0216. The Morgan fingerprint density at radius 3 is 0.833 bits per heavy atom. The fraction of sp³-hybridized carbons (Fsp3) is 0.500. The van der Waals surface area contributed by atoms with Gasteiger partial charge in [0.15, 0.2) is 0 Å². The molecule has 7 aromatic carbocycles. The molecule has 0 fully saturated rings. The second kappa shape index (κ2) is 36.6. The van der Waals surface area contributed by atoms with Gasteiger partial charge in [0.1, 0.15) is 0 Å². The van der Waals surface area contributed by atoms with E-state index in [1.807, 2.05) is 22.7 Å². The van der Waals surface area contributed by atoms with Crippen molar-refractivity contribution in [2.75, 3.05) is 0 Å². The minimum absolute atomic E-state index is 0.181. The van der Waals surface area contributed by atoms with Gasteiger partial charge in [-0.2, -0.15) is 0 Å². The van der Waals surface area contributed by atoms with E-state index in [1.54, 1.807) is 54.5 Å². The van der Waals surface area contributed by atoms with Crippen LogP contribution < -0.4 is 22.2 Å². The molecule has 0 aliphatic rings. The Balaban J connectivity index is 0.902. The van der Waals surface area contributed by atoms with Crippen LogP contribution >= 0.6 is 68.0 Å². The standard InChI is InChI=1S/C96H114N2O4S6/c1-5-9-13-17-21-25-27-31-35-39-45-63(43-37-33-29-23-19-15-11-7-3)61-97-93(99)71-55-65-67-59-81(76-48-42-54-104-76)107-91(67)69-57-73-84-72(94(100)98(95(73)101)62-64(44-38-34-30-24-20-16-12-8-4)46-40-36-32-28-26-22-18-14-10-6-2)56-66-68-60-82(80-52-51-79(106-80)78-50-49-77(105-78)75-47-41-53-103-75)108-92(68)70-58-74(96(97)102)83(71)89-85(65)87(69)90(84)86(66)88(70)89/h41-42,47-60,63-64H,5-40,43-46,61-62H2,1-4H3. The Kier molecular flexibility index (Phi) is 26.1. The summed E-state index contributed by atoms with van der Waals surface area (Å²) < 4.78 is 5.56. The first kappa shape index (κ1) is 77.2. The Morgan fingerprint density at radius 1 is 0.250 bits per heavy atom. The third kappa shape index (κ3) is 16.2. The average Bonchev–Trinajstić information content (AvgIpc) is 1.06. The third-order valence-corrected chi connectivity index (χ3v) is 31.7. The maximum atomic E-state index is 16.3. The molecule has 0 bridgehead atoms. The zero-order valence-corrected chi connectivity index (χ0v) is 70.0. The highest BCUT2D eigenvalue weighted by molar-refractivity contribution is 7.30. The lowest BCUT2D eigenvalue weighted by atomic mass is 9.79. The topological polar surface area (TPSA) is 78.1 Å². The lowest BCUT2D eigenvalue weighted by molar-refractivity contribution is 0.350. The summed E-state index contributed by atoms with van der Waals surface area (Å²) in [5.41, 5.74) is -0.730. The van der Waals surface area contributed by atoms with Crippen molar-refractivity contribution in [3.05, 3.63) is 137 Å². The van der Waals surface area contributed by atoms with Crippen LogP contribution in [0.5, 0.6) is 0 Å². The fourth-order valence-electron chi connectivity index (χ4n) is 18.9. The van der Waals surface area contributed by atoms with Crippen molar-refractivity contribution >= 4 is 174 Å². The van der Waals surface area contributed by atoms with Gasteiger partial charge in [-0.15, -0.1) is 68.0 Å². The first-order valence-electron chi connectivity index (χ1n) is 42.8. The summed E-state index contributed by atoms with van der Waals surface area (Å²) in [6.07, 6.45) is 49.5. The van der Waals surface area contributed by atoms with Crippen molar-refractivity contribution in [2.24, 2.45) is 11.8 Å². The van der Waals surface area contributed by atoms with Crippen molar-refractivity contribution in [3.8, 4) is 39.0 Å². The van der Waals surface area contributed by atoms with E-state index >= 15 is 19.2 Å². The van der Waals surface area contributed by atoms with Gasteiger partial charge in [-0.05, 0) is 143 Å². The predicted molar refractivity (Wildman–Crippen MR) is 482 cm³/mol. The first-order valence-corrected chi connectivity index (χ1v) is 47.9. The molecule has 568 valence electrons. The number of fused-ring (bicyclic) bond motifs is 6. The third-order valence-electron chi connectivity index (χ3n) is 24.7. The number of unbranched alkanes of at least 4 members (excludes halogenated alkanes) is 32. The van der Waals surface area contributed by atoms with Crippen LogP contribution in [0.1, 0.15) is 285 Å². The zero-order chi connectivity index (χ0) is 74.0. The zero-order valence-electron chi connectivity index (χ0n) is 65.1. The van der Waals surface area contributed by atoms with Gasteiger partial charge in [-0.25, -0.2) is 0 Å². The number of benzene rings is 7. The highest BCUT2D eigenvalue weighted by Crippen LogP contribution is 2.58. The Morgan fingerprint density at radius 2 is 0.519 bits per heavy atom. The summed E-state index contributed by atoms with van der Waals surface area (Å²) >= 11 is 10.8. The van der Waals surface area contributed by atoms with E-state index < -0.39 is 0 Å². The monoisotopic (exact) mass is 1550 g/mol. The molecule has 2 atom stereocenters. The highest BCUT2D eigenvalue weighted by Gasteiger charge is 2.33. The van der Waals surface area contributed by atoms with Crippen LogP contribution in [0, 0.1) is 11.8 Å². The van der Waals surface area contributed by atoms with Gasteiger partial charge in [0.25, 0.3) is 22.2 Å². The van der Waals surface area contributed by atoms with Crippen LogP contribution in [-0.2, 0) is 13.1 Å². The number of aromatic nitrogens is 2. The average molecular weight is 1550 g/mol. The minimum Gasteiger partial charge on any atom is -0.274 e. The normalized spacial score (nSPS) is 13.1. The Bertz CT molecular complexity index is 5350. The van der Waals surface area contributed by atoms with Gasteiger partial charge in [0.05, 0.1) is 0 Å². The minimum atomic E-state index is -0.183. The molecular formula is C96H114N2O4S6. The molecule has 0 radical (unpaired) electrons. The van der Waals surface area contributed by atoms with Crippen LogP contribution in [-0.4, -0.2) is 9.13 Å². The van der Waals surface area contributed by atoms with E-state index in [0.717, 1.165) is 146 Å². The number of thiophene rings is 6. The van der Waals surface area contributed by atoms with E-state index in [2.05, 4.69) is 123 Å². The smallest absolute Gasteiger partial charge is 0.261 e. The van der Waals surface area contributed by atoms with Gasteiger partial charge in [0.2, 0.25) is 0 Å². The molecule has 108 heavy (non-hydrogen) atoms. The van der Waals surface area contributed by atoms with E-state index in [-0.39, 0.29) is 34.1 Å². The molecule has 0 saturated heterocycles. The van der Waals surface area contributed by atoms with Crippen LogP contribution in [0.4, 0.5) is 0 Å². The summed E-state index contributed by atoms with van der Waals surface area (Å²) in [7, 11) is 0. The van der Waals surface area contributed by atoms with Gasteiger partial charge in [0, 0.05) is 137 Å². The lowest BCUT2D eigenvalue weighted by Gasteiger charge is -2.25. The molecule has 0 aliphatic carbocycles. The molecule has 12 heteroatoms. The van der Waals surface area contributed by atoms with Crippen molar-refractivity contribution in [3.63, 3.8) is 0 Å². The second-order valence-electron chi connectivity index (χ2n) is 32.5. The number of pyridine rings is 2. The van der Waals surface area contributed by atoms with E-state index in [1.165, 1.54) is 235 Å². The summed E-state index contributed by atoms with van der Waals surface area (Å²) in [4.78, 5) is 74.8. The molecule has 0 spiro atoms. The van der Waals surface area contributed by atoms with Crippen molar-refractivity contribution < 1.29 is 0 Å².